The Morgan fingerprint density at radius 2 is 1.12 bits per heavy atom. The zero-order chi connectivity index (χ0) is 30.1. The van der Waals surface area contributed by atoms with Gasteiger partial charge in [-0.15, -0.1) is 37.9 Å². The molecule has 0 unspecified atom stereocenters. The molecular formula is C28H23ClF6N2O5. The SMILES string of the molecule is FC(F)(F)Oc1ccccc1-c1noc(C2CC2)c1CCl.OCc1c(-c2ccccc2OC(F)(F)F)noc1C1CC1. The van der Waals surface area contributed by atoms with Crippen molar-refractivity contribution in [3.05, 3.63) is 71.2 Å². The molecule has 0 bridgehead atoms. The van der Waals surface area contributed by atoms with E-state index in [0.29, 0.717) is 28.3 Å². The van der Waals surface area contributed by atoms with E-state index in [9.17, 15) is 31.4 Å². The summed E-state index contributed by atoms with van der Waals surface area (Å²) < 4.78 is 93.3. The van der Waals surface area contributed by atoms with Crippen molar-refractivity contribution < 1.29 is 50.0 Å². The molecule has 0 amide bonds. The van der Waals surface area contributed by atoms with Crippen molar-refractivity contribution in [2.75, 3.05) is 0 Å². The lowest BCUT2D eigenvalue weighted by Gasteiger charge is -2.12. The number of alkyl halides is 7. The maximum Gasteiger partial charge on any atom is 0.573 e. The second kappa shape index (κ2) is 11.9. The third kappa shape index (κ3) is 7.01. The van der Waals surface area contributed by atoms with E-state index in [-0.39, 0.29) is 52.6 Å². The summed E-state index contributed by atoms with van der Waals surface area (Å²) in [4.78, 5) is 0. The molecule has 0 spiro atoms. The Kier molecular flexibility index (Phi) is 8.42. The van der Waals surface area contributed by atoms with E-state index in [1.807, 2.05) is 0 Å². The van der Waals surface area contributed by atoms with Crippen molar-refractivity contribution in [3.63, 3.8) is 0 Å². The van der Waals surface area contributed by atoms with Gasteiger partial charge in [0.1, 0.15) is 34.4 Å². The first-order valence-corrected chi connectivity index (χ1v) is 13.4. The van der Waals surface area contributed by atoms with Crippen LogP contribution in [0.15, 0.2) is 57.6 Å². The van der Waals surface area contributed by atoms with E-state index in [0.717, 1.165) is 25.7 Å². The largest absolute Gasteiger partial charge is 0.573 e. The number of rotatable bonds is 8. The first kappa shape index (κ1) is 29.8. The van der Waals surface area contributed by atoms with Gasteiger partial charge in [0.15, 0.2) is 0 Å². The van der Waals surface area contributed by atoms with Crippen LogP contribution >= 0.6 is 11.6 Å². The lowest BCUT2D eigenvalue weighted by Crippen LogP contribution is -2.17. The number of halogens is 7. The molecule has 2 heterocycles. The Hall–Kier alpha value is -3.71. The predicted octanol–water partition coefficient (Wildman–Crippen LogP) is 8.47. The highest BCUT2D eigenvalue weighted by molar-refractivity contribution is 6.17. The van der Waals surface area contributed by atoms with Crippen molar-refractivity contribution in [3.8, 4) is 34.0 Å². The quantitative estimate of drug-likeness (QED) is 0.157. The molecule has 2 fully saturated rings. The Bertz CT molecular complexity index is 1410. The van der Waals surface area contributed by atoms with Crippen molar-refractivity contribution in [1.82, 2.24) is 10.3 Å². The fraction of sp³-hybridized carbons (Fsp3) is 0.357. The zero-order valence-corrected chi connectivity index (χ0v) is 22.4. The lowest BCUT2D eigenvalue weighted by molar-refractivity contribution is -0.275. The fourth-order valence-electron chi connectivity index (χ4n) is 4.43. The zero-order valence-electron chi connectivity index (χ0n) is 21.6. The Labute approximate surface area is 239 Å². The fourth-order valence-corrected chi connectivity index (χ4v) is 4.69. The summed E-state index contributed by atoms with van der Waals surface area (Å²) in [6, 6.07) is 11.5. The molecule has 2 aliphatic carbocycles. The first-order chi connectivity index (χ1) is 20.0. The Morgan fingerprint density at radius 3 is 1.50 bits per heavy atom. The molecule has 6 rings (SSSR count). The average molecular weight is 617 g/mol. The molecular weight excluding hydrogens is 594 g/mol. The van der Waals surface area contributed by atoms with Crippen LogP contribution in [0.3, 0.4) is 0 Å². The molecule has 0 atom stereocenters. The van der Waals surface area contributed by atoms with Crippen LogP contribution in [-0.4, -0.2) is 28.1 Å². The van der Waals surface area contributed by atoms with Crippen LogP contribution in [0.5, 0.6) is 11.5 Å². The summed E-state index contributed by atoms with van der Waals surface area (Å²) in [5, 5.41) is 17.2. The molecule has 42 heavy (non-hydrogen) atoms. The average Bonchev–Trinajstić information content (AvgIpc) is 3.87. The molecule has 4 aromatic rings. The second-order valence-electron chi connectivity index (χ2n) is 9.68. The highest BCUT2D eigenvalue weighted by Gasteiger charge is 2.37. The van der Waals surface area contributed by atoms with Crippen LogP contribution in [0, 0.1) is 0 Å². The summed E-state index contributed by atoms with van der Waals surface area (Å²) in [6.07, 6.45) is -5.72. The molecule has 2 aliphatic rings. The smallest absolute Gasteiger partial charge is 0.405 e. The van der Waals surface area contributed by atoms with Gasteiger partial charge in [-0.2, -0.15) is 0 Å². The molecule has 0 saturated heterocycles. The maximum atomic E-state index is 12.5. The Morgan fingerprint density at radius 1 is 0.714 bits per heavy atom. The van der Waals surface area contributed by atoms with Gasteiger partial charge < -0.3 is 23.6 Å². The van der Waals surface area contributed by atoms with E-state index in [1.165, 1.54) is 36.4 Å². The molecule has 224 valence electrons. The normalized spacial score (nSPS) is 15.2. The van der Waals surface area contributed by atoms with Crippen LogP contribution in [0.4, 0.5) is 26.3 Å². The molecule has 0 radical (unpaired) electrons. The standard InChI is InChI=1S/C14H11ClF3NO2.C14H12F3NO3/c15-7-10-12(19-21-13(10)8-5-6-8)9-3-1-2-4-11(9)20-14(16,17)18;15-14(16,17)20-11-4-2-1-3-9(11)12-10(7-19)13(21-18-12)8-5-6-8/h1-4,8H,5-7H2;1-4,8,19H,5-7H2. The monoisotopic (exact) mass is 616 g/mol. The van der Waals surface area contributed by atoms with Gasteiger partial charge in [0.05, 0.1) is 12.5 Å². The minimum atomic E-state index is -4.79. The van der Waals surface area contributed by atoms with Crippen LogP contribution in [0.1, 0.15) is 60.2 Å². The highest BCUT2D eigenvalue weighted by atomic mass is 35.5. The summed E-state index contributed by atoms with van der Waals surface area (Å²) >= 11 is 5.92. The van der Waals surface area contributed by atoms with Crippen LogP contribution in [0.25, 0.3) is 22.5 Å². The number of ether oxygens (including phenoxy) is 2. The molecule has 7 nitrogen and oxygen atoms in total. The van der Waals surface area contributed by atoms with Gasteiger partial charge in [0.2, 0.25) is 0 Å². The van der Waals surface area contributed by atoms with E-state index in [4.69, 9.17) is 20.6 Å². The third-order valence-corrected chi connectivity index (χ3v) is 6.83. The van der Waals surface area contributed by atoms with Gasteiger partial charge in [0.25, 0.3) is 0 Å². The number of benzene rings is 2. The van der Waals surface area contributed by atoms with Crippen LogP contribution in [-0.2, 0) is 12.5 Å². The number of hydrogen-bond donors (Lipinski definition) is 1. The molecule has 2 saturated carbocycles. The minimum absolute atomic E-state index is 0.130. The molecule has 14 heteroatoms. The number of aromatic nitrogens is 2. The maximum absolute atomic E-state index is 12.5. The lowest BCUT2D eigenvalue weighted by atomic mass is 10.0. The summed E-state index contributed by atoms with van der Waals surface area (Å²) in [5.41, 5.74) is 1.94. The second-order valence-corrected chi connectivity index (χ2v) is 9.94. The number of aliphatic hydroxyl groups is 1. The first-order valence-electron chi connectivity index (χ1n) is 12.8. The van der Waals surface area contributed by atoms with Crippen molar-refractivity contribution in [1.29, 1.82) is 0 Å². The van der Waals surface area contributed by atoms with E-state index in [2.05, 4.69) is 19.8 Å². The van der Waals surface area contributed by atoms with Gasteiger partial charge in [-0.3, -0.25) is 0 Å². The number of hydrogen-bond acceptors (Lipinski definition) is 7. The summed E-state index contributed by atoms with van der Waals surface area (Å²) in [6.45, 7) is -0.342. The topological polar surface area (TPSA) is 90.8 Å². The van der Waals surface area contributed by atoms with E-state index < -0.39 is 12.7 Å². The van der Waals surface area contributed by atoms with Crippen LogP contribution < -0.4 is 9.47 Å². The van der Waals surface area contributed by atoms with Crippen LogP contribution in [0.2, 0.25) is 0 Å². The number of nitrogens with zero attached hydrogens (tertiary/aromatic N) is 2. The summed E-state index contributed by atoms with van der Waals surface area (Å²) in [5.74, 6) is 1.14. The number of para-hydroxylation sites is 2. The molecule has 2 aromatic carbocycles. The molecule has 2 aromatic heterocycles. The van der Waals surface area contributed by atoms with Gasteiger partial charge >= 0.3 is 12.7 Å². The Balaban J connectivity index is 0.000000168. The summed E-state index contributed by atoms with van der Waals surface area (Å²) in [7, 11) is 0. The highest BCUT2D eigenvalue weighted by Crippen LogP contribution is 2.46. The number of aliphatic hydroxyl groups excluding tert-OH is 1. The van der Waals surface area contributed by atoms with Gasteiger partial charge in [0, 0.05) is 34.1 Å². The van der Waals surface area contributed by atoms with Crippen molar-refractivity contribution in [2.45, 2.75) is 62.7 Å². The van der Waals surface area contributed by atoms with E-state index >= 15 is 0 Å². The molecule has 0 aliphatic heterocycles. The van der Waals surface area contributed by atoms with Crippen molar-refractivity contribution >= 4 is 11.6 Å². The molecule has 1 N–H and O–H groups in total. The van der Waals surface area contributed by atoms with Gasteiger partial charge in [-0.05, 0) is 49.9 Å². The van der Waals surface area contributed by atoms with Crippen molar-refractivity contribution in [2.24, 2.45) is 0 Å². The predicted molar refractivity (Wildman–Crippen MR) is 137 cm³/mol. The van der Waals surface area contributed by atoms with E-state index in [1.54, 1.807) is 12.1 Å². The van der Waals surface area contributed by atoms with Gasteiger partial charge in [-0.1, -0.05) is 34.6 Å². The van der Waals surface area contributed by atoms with Gasteiger partial charge in [-0.25, -0.2) is 0 Å². The third-order valence-electron chi connectivity index (χ3n) is 6.56. The minimum Gasteiger partial charge on any atom is -0.405 e.